The van der Waals surface area contributed by atoms with Crippen molar-refractivity contribution < 1.29 is 9.53 Å². The zero-order chi connectivity index (χ0) is 21.7. The minimum Gasteiger partial charge on any atom is -0.450 e. The molecule has 0 aromatic heterocycles. The smallest absolute Gasteiger partial charge is 0.411 e. The highest BCUT2D eigenvalue weighted by Gasteiger charge is 2.44. The molecule has 2 aliphatic rings. The van der Waals surface area contributed by atoms with Crippen LogP contribution in [0.2, 0.25) is 0 Å². The molecule has 0 heterocycles. The minimum atomic E-state index is -0.291. The summed E-state index contributed by atoms with van der Waals surface area (Å²) >= 11 is 0. The second kappa shape index (κ2) is 7.38. The number of amides is 1. The molecule has 0 fully saturated rings. The zero-order valence-corrected chi connectivity index (χ0v) is 17.9. The predicted octanol–water partition coefficient (Wildman–Crippen LogP) is 6.98. The Hall–Kier alpha value is -3.85. The van der Waals surface area contributed by atoms with Gasteiger partial charge in [0.2, 0.25) is 0 Å². The summed E-state index contributed by atoms with van der Waals surface area (Å²) in [5, 5.41) is 0. The van der Waals surface area contributed by atoms with Crippen molar-refractivity contribution in [3.8, 4) is 22.3 Å². The summed E-state index contributed by atoms with van der Waals surface area (Å²) < 4.78 is 5.68. The summed E-state index contributed by atoms with van der Waals surface area (Å²) in [7, 11) is 0. The Morgan fingerprint density at radius 2 is 0.938 bits per heavy atom. The van der Waals surface area contributed by atoms with Crippen LogP contribution in [0.3, 0.4) is 0 Å². The highest BCUT2D eigenvalue weighted by atomic mass is 16.6. The molecule has 3 heteroatoms. The number of carbonyl (C=O) groups excluding carboxylic acids is 1. The van der Waals surface area contributed by atoms with E-state index in [2.05, 4.69) is 97.1 Å². The molecule has 3 nitrogen and oxygen atoms in total. The van der Waals surface area contributed by atoms with Gasteiger partial charge in [0.1, 0.15) is 0 Å². The van der Waals surface area contributed by atoms with Crippen molar-refractivity contribution >= 4 is 6.09 Å². The van der Waals surface area contributed by atoms with Gasteiger partial charge in [0.15, 0.2) is 0 Å². The summed E-state index contributed by atoms with van der Waals surface area (Å²) in [6.45, 7) is 2.20. The molecule has 0 radical (unpaired) electrons. The maximum atomic E-state index is 13.7. The monoisotopic (exact) mass is 417 g/mol. The van der Waals surface area contributed by atoms with Crippen molar-refractivity contribution in [3.63, 3.8) is 0 Å². The van der Waals surface area contributed by atoms with Crippen LogP contribution in [0.15, 0.2) is 97.1 Å². The van der Waals surface area contributed by atoms with E-state index in [9.17, 15) is 4.79 Å². The van der Waals surface area contributed by atoms with Crippen LogP contribution >= 0.6 is 0 Å². The molecule has 0 unspecified atom stereocenters. The number of hydrogen-bond acceptors (Lipinski definition) is 2. The van der Waals surface area contributed by atoms with Gasteiger partial charge in [0.25, 0.3) is 0 Å². The van der Waals surface area contributed by atoms with Gasteiger partial charge in [-0.2, -0.15) is 0 Å². The molecule has 0 saturated heterocycles. The third-order valence-corrected chi connectivity index (χ3v) is 6.64. The van der Waals surface area contributed by atoms with Crippen molar-refractivity contribution in [1.29, 1.82) is 0 Å². The van der Waals surface area contributed by atoms with Gasteiger partial charge < -0.3 is 4.74 Å². The molecule has 0 N–H and O–H groups in total. The maximum Gasteiger partial charge on any atom is 0.411 e. The number of nitrogens with zero attached hydrogens (tertiary/aromatic N) is 1. The first kappa shape index (κ1) is 18.9. The van der Waals surface area contributed by atoms with Crippen LogP contribution in [0.4, 0.5) is 4.79 Å². The van der Waals surface area contributed by atoms with E-state index in [0.717, 1.165) is 22.3 Å². The average Bonchev–Trinajstić information content (AvgIpc) is 3.34. The number of hydrogen-bond donors (Lipinski definition) is 0. The molecule has 2 aliphatic carbocycles. The lowest BCUT2D eigenvalue weighted by Gasteiger charge is -2.35. The SMILES string of the molecule is CCOC(=O)N(C1c2ccccc2-c2ccccc21)C1c2ccccc2-c2ccccc21. The van der Waals surface area contributed by atoms with Crippen LogP contribution in [0.25, 0.3) is 22.3 Å². The van der Waals surface area contributed by atoms with Crippen LogP contribution in [0, 0.1) is 0 Å². The van der Waals surface area contributed by atoms with E-state index in [4.69, 9.17) is 4.74 Å². The van der Waals surface area contributed by atoms with E-state index in [1.165, 1.54) is 22.3 Å². The number of carbonyl (C=O) groups is 1. The fraction of sp³-hybridized carbons (Fsp3) is 0.138. The molecule has 4 aromatic rings. The Bertz CT molecular complexity index is 1160. The Morgan fingerprint density at radius 3 is 1.25 bits per heavy atom. The van der Waals surface area contributed by atoms with Crippen LogP contribution in [-0.4, -0.2) is 17.6 Å². The lowest BCUT2D eigenvalue weighted by molar-refractivity contribution is 0.0852. The van der Waals surface area contributed by atoms with E-state index < -0.39 is 0 Å². The second-order valence-electron chi connectivity index (χ2n) is 8.26. The molecular weight excluding hydrogens is 394 g/mol. The first-order valence-electron chi connectivity index (χ1n) is 11.1. The normalized spacial score (nSPS) is 13.8. The van der Waals surface area contributed by atoms with Crippen LogP contribution in [-0.2, 0) is 4.74 Å². The summed E-state index contributed by atoms with van der Waals surface area (Å²) in [4.78, 5) is 15.6. The van der Waals surface area contributed by atoms with Crippen molar-refractivity contribution in [1.82, 2.24) is 4.90 Å². The van der Waals surface area contributed by atoms with Crippen molar-refractivity contribution in [2.24, 2.45) is 0 Å². The summed E-state index contributed by atoms with van der Waals surface area (Å²) in [5.41, 5.74) is 9.30. The third kappa shape index (κ3) is 2.64. The van der Waals surface area contributed by atoms with E-state index in [-0.39, 0.29) is 18.2 Å². The molecule has 1 amide bonds. The van der Waals surface area contributed by atoms with E-state index >= 15 is 0 Å². The largest absolute Gasteiger partial charge is 0.450 e. The second-order valence-corrected chi connectivity index (χ2v) is 8.26. The van der Waals surface area contributed by atoms with E-state index in [0.29, 0.717) is 6.61 Å². The number of benzene rings is 4. The van der Waals surface area contributed by atoms with Crippen molar-refractivity contribution in [2.45, 2.75) is 19.0 Å². The van der Waals surface area contributed by atoms with Gasteiger partial charge in [0.05, 0.1) is 18.7 Å². The highest BCUT2D eigenvalue weighted by molar-refractivity contribution is 5.85. The first-order chi connectivity index (χ1) is 15.8. The molecule has 4 aromatic carbocycles. The third-order valence-electron chi connectivity index (χ3n) is 6.64. The summed E-state index contributed by atoms with van der Waals surface area (Å²) in [5.74, 6) is 0. The average molecular weight is 418 g/mol. The first-order valence-corrected chi connectivity index (χ1v) is 11.1. The molecule has 6 rings (SSSR count). The molecule has 0 bridgehead atoms. The van der Waals surface area contributed by atoms with Gasteiger partial charge >= 0.3 is 6.09 Å². The van der Waals surface area contributed by atoms with Crippen molar-refractivity contribution in [3.05, 3.63) is 119 Å². The fourth-order valence-electron chi connectivity index (χ4n) is 5.42. The van der Waals surface area contributed by atoms with Crippen LogP contribution in [0.5, 0.6) is 0 Å². The molecular formula is C29H23NO2. The van der Waals surface area contributed by atoms with E-state index in [1.54, 1.807) is 0 Å². The van der Waals surface area contributed by atoms with Gasteiger partial charge in [-0.05, 0) is 51.4 Å². The van der Waals surface area contributed by atoms with Crippen LogP contribution < -0.4 is 0 Å². The molecule has 0 saturated carbocycles. The number of rotatable bonds is 3. The molecule has 156 valence electrons. The lowest BCUT2D eigenvalue weighted by atomic mass is 9.97. The van der Waals surface area contributed by atoms with Gasteiger partial charge in [0, 0.05) is 0 Å². The molecule has 0 aliphatic heterocycles. The predicted molar refractivity (Wildman–Crippen MR) is 126 cm³/mol. The zero-order valence-electron chi connectivity index (χ0n) is 17.9. The maximum absolute atomic E-state index is 13.7. The lowest BCUT2D eigenvalue weighted by Crippen LogP contribution is -2.38. The topological polar surface area (TPSA) is 29.5 Å². The fourth-order valence-corrected chi connectivity index (χ4v) is 5.42. The van der Waals surface area contributed by atoms with Gasteiger partial charge in [-0.15, -0.1) is 0 Å². The Balaban J connectivity index is 1.61. The Kier molecular flexibility index (Phi) is 4.36. The standard InChI is InChI=1S/C29H23NO2/c1-2-32-29(31)30(27-23-15-7-3-11-19(23)20-12-4-8-16-24(20)27)28-25-17-9-5-13-21(25)22-14-6-10-18-26(22)28/h3-18,27-28H,2H2,1H3. The highest BCUT2D eigenvalue weighted by Crippen LogP contribution is 2.53. The Morgan fingerprint density at radius 1 is 0.625 bits per heavy atom. The number of ether oxygens (including phenoxy) is 1. The summed E-state index contributed by atoms with van der Waals surface area (Å²) in [6, 6.07) is 33.2. The van der Waals surface area contributed by atoms with E-state index in [1.807, 2.05) is 11.8 Å². The Labute approximate surface area is 187 Å². The van der Waals surface area contributed by atoms with Gasteiger partial charge in [-0.25, -0.2) is 4.79 Å². The molecule has 0 spiro atoms. The molecule has 0 atom stereocenters. The van der Waals surface area contributed by atoms with Crippen molar-refractivity contribution in [2.75, 3.05) is 6.61 Å². The summed E-state index contributed by atoms with van der Waals surface area (Å²) in [6.07, 6.45) is -0.291. The van der Waals surface area contributed by atoms with Crippen LogP contribution in [0.1, 0.15) is 41.3 Å². The number of fused-ring (bicyclic) bond motifs is 6. The molecule has 32 heavy (non-hydrogen) atoms. The van der Waals surface area contributed by atoms with Gasteiger partial charge in [-0.1, -0.05) is 97.1 Å². The van der Waals surface area contributed by atoms with Gasteiger partial charge in [-0.3, -0.25) is 4.90 Å². The minimum absolute atomic E-state index is 0.217. The quantitative estimate of drug-likeness (QED) is 0.360.